The molecule has 3 N–H and O–H groups in total. The minimum atomic E-state index is -0.419. The van der Waals surface area contributed by atoms with Crippen LogP contribution in [-0.4, -0.2) is 23.0 Å². The van der Waals surface area contributed by atoms with Gasteiger partial charge in [0.05, 0.1) is 23.5 Å². The van der Waals surface area contributed by atoms with Crippen LogP contribution in [0.2, 0.25) is 5.02 Å². The van der Waals surface area contributed by atoms with E-state index in [4.69, 9.17) is 28.6 Å². The molecular formula is C16H15ClFN3O2S. The Morgan fingerprint density at radius 3 is 2.88 bits per heavy atom. The summed E-state index contributed by atoms with van der Waals surface area (Å²) in [5.74, 6) is -0.281. The second kappa shape index (κ2) is 8.47. The summed E-state index contributed by atoms with van der Waals surface area (Å²) in [6.45, 7) is 2.18. The predicted molar refractivity (Wildman–Crippen MR) is 97.6 cm³/mol. The van der Waals surface area contributed by atoms with Crippen molar-refractivity contribution >= 4 is 40.8 Å². The van der Waals surface area contributed by atoms with Crippen LogP contribution in [-0.2, 0) is 0 Å². The van der Waals surface area contributed by atoms with E-state index in [-0.39, 0.29) is 27.3 Å². The fourth-order valence-corrected chi connectivity index (χ4v) is 2.19. The van der Waals surface area contributed by atoms with E-state index in [1.807, 2.05) is 0 Å². The third kappa shape index (κ3) is 4.81. The van der Waals surface area contributed by atoms with E-state index in [0.29, 0.717) is 12.2 Å². The third-order valence-electron chi connectivity index (χ3n) is 2.85. The SMILES string of the molecule is CCOc1cc(/C=N/NC(=S)Nc2ccccc2F)cc(Cl)c1O. The van der Waals surface area contributed by atoms with Gasteiger partial charge in [0.1, 0.15) is 5.82 Å². The van der Waals surface area contributed by atoms with Gasteiger partial charge in [-0.25, -0.2) is 4.39 Å². The van der Waals surface area contributed by atoms with Crippen molar-refractivity contribution in [2.45, 2.75) is 6.92 Å². The lowest BCUT2D eigenvalue weighted by Crippen LogP contribution is -2.24. The van der Waals surface area contributed by atoms with Gasteiger partial charge < -0.3 is 15.2 Å². The second-order valence-electron chi connectivity index (χ2n) is 4.59. The molecule has 8 heteroatoms. The number of hydrogen-bond donors (Lipinski definition) is 3. The smallest absolute Gasteiger partial charge is 0.191 e. The van der Waals surface area contributed by atoms with E-state index in [1.54, 1.807) is 31.2 Å². The molecule has 2 aromatic carbocycles. The van der Waals surface area contributed by atoms with Crippen LogP contribution in [0.4, 0.5) is 10.1 Å². The first-order valence-corrected chi connectivity index (χ1v) is 7.79. The number of anilines is 1. The first kappa shape index (κ1) is 18.0. The molecule has 0 bridgehead atoms. The molecule has 0 amide bonds. The largest absolute Gasteiger partial charge is 0.503 e. The molecule has 0 unspecified atom stereocenters. The normalized spacial score (nSPS) is 10.6. The predicted octanol–water partition coefficient (Wildman–Crippen LogP) is 3.90. The van der Waals surface area contributed by atoms with Gasteiger partial charge in [-0.2, -0.15) is 5.10 Å². The van der Waals surface area contributed by atoms with Gasteiger partial charge in [0.2, 0.25) is 0 Å². The summed E-state index contributed by atoms with van der Waals surface area (Å²) in [7, 11) is 0. The van der Waals surface area contributed by atoms with Crippen molar-refractivity contribution < 1.29 is 14.2 Å². The molecule has 0 aliphatic carbocycles. The lowest BCUT2D eigenvalue weighted by Gasteiger charge is -2.09. The number of nitrogens with zero attached hydrogens (tertiary/aromatic N) is 1. The highest BCUT2D eigenvalue weighted by molar-refractivity contribution is 7.80. The number of phenolic OH excluding ortho intramolecular Hbond substituents is 1. The Bertz CT molecular complexity index is 771. The van der Waals surface area contributed by atoms with Crippen LogP contribution >= 0.6 is 23.8 Å². The summed E-state index contributed by atoms with van der Waals surface area (Å²) in [6.07, 6.45) is 1.45. The van der Waals surface area contributed by atoms with E-state index < -0.39 is 5.82 Å². The number of hydrogen-bond acceptors (Lipinski definition) is 4. The minimum Gasteiger partial charge on any atom is -0.503 e. The van der Waals surface area contributed by atoms with Crippen LogP contribution in [0.15, 0.2) is 41.5 Å². The monoisotopic (exact) mass is 367 g/mol. The molecular weight excluding hydrogens is 353 g/mol. The van der Waals surface area contributed by atoms with Crippen molar-refractivity contribution in [3.05, 3.63) is 52.8 Å². The topological polar surface area (TPSA) is 65.9 Å². The third-order valence-corrected chi connectivity index (χ3v) is 3.33. The fraction of sp³-hybridized carbons (Fsp3) is 0.125. The second-order valence-corrected chi connectivity index (χ2v) is 5.40. The number of ether oxygens (including phenoxy) is 1. The van der Waals surface area contributed by atoms with Gasteiger partial charge in [0.15, 0.2) is 16.6 Å². The van der Waals surface area contributed by atoms with Gasteiger partial charge in [-0.1, -0.05) is 23.7 Å². The zero-order chi connectivity index (χ0) is 17.5. The molecule has 2 aromatic rings. The number of thiocarbonyl (C=S) groups is 1. The Morgan fingerprint density at radius 2 is 2.17 bits per heavy atom. The molecule has 0 saturated heterocycles. The first-order valence-electron chi connectivity index (χ1n) is 7.01. The van der Waals surface area contributed by atoms with Gasteiger partial charge in [-0.3, -0.25) is 5.43 Å². The lowest BCUT2D eigenvalue weighted by atomic mass is 10.2. The maximum Gasteiger partial charge on any atom is 0.191 e. The highest BCUT2D eigenvalue weighted by Crippen LogP contribution is 2.34. The Balaban J connectivity index is 2.01. The minimum absolute atomic E-state index is 0.125. The molecule has 0 aliphatic rings. The molecule has 0 radical (unpaired) electrons. The number of phenols is 1. The average Bonchev–Trinajstić information content (AvgIpc) is 2.54. The summed E-state index contributed by atoms with van der Waals surface area (Å²) in [4.78, 5) is 0. The van der Waals surface area contributed by atoms with Gasteiger partial charge >= 0.3 is 0 Å². The first-order chi connectivity index (χ1) is 11.5. The summed E-state index contributed by atoms with van der Waals surface area (Å²) >= 11 is 11.0. The van der Waals surface area contributed by atoms with Crippen LogP contribution < -0.4 is 15.5 Å². The molecule has 0 spiro atoms. The standard InChI is InChI=1S/C16H15ClFN3O2S/c1-2-23-14-8-10(7-11(17)15(14)22)9-19-21-16(24)20-13-6-4-3-5-12(13)18/h3-9,22H,2H2,1H3,(H2,20,21,24)/b19-9+. The molecule has 0 aliphatic heterocycles. The molecule has 0 heterocycles. The fourth-order valence-electron chi connectivity index (χ4n) is 1.81. The zero-order valence-electron chi connectivity index (χ0n) is 12.7. The Kier molecular flexibility index (Phi) is 6.34. The number of aromatic hydroxyl groups is 1. The number of nitrogens with one attached hydrogen (secondary N) is 2. The Morgan fingerprint density at radius 1 is 1.42 bits per heavy atom. The van der Waals surface area contributed by atoms with Crippen molar-refractivity contribution in [3.63, 3.8) is 0 Å². The van der Waals surface area contributed by atoms with Crippen molar-refractivity contribution in [1.29, 1.82) is 0 Å². The van der Waals surface area contributed by atoms with Crippen LogP contribution in [0.5, 0.6) is 11.5 Å². The van der Waals surface area contributed by atoms with Crippen LogP contribution in [0.1, 0.15) is 12.5 Å². The van der Waals surface area contributed by atoms with Crippen LogP contribution in [0, 0.1) is 5.82 Å². The molecule has 0 atom stereocenters. The van der Waals surface area contributed by atoms with Gasteiger partial charge in [0, 0.05) is 0 Å². The van der Waals surface area contributed by atoms with Gasteiger partial charge in [-0.05, 0) is 49.0 Å². The van der Waals surface area contributed by atoms with Gasteiger partial charge in [-0.15, -0.1) is 0 Å². The molecule has 0 fully saturated rings. The Labute approximate surface area is 149 Å². The van der Waals surface area contributed by atoms with Gasteiger partial charge in [0.25, 0.3) is 0 Å². The summed E-state index contributed by atoms with van der Waals surface area (Å²) in [5, 5.41) is 16.7. The molecule has 0 saturated carbocycles. The summed E-state index contributed by atoms with van der Waals surface area (Å²) < 4.78 is 18.8. The van der Waals surface area contributed by atoms with Crippen molar-refractivity contribution in [1.82, 2.24) is 5.43 Å². The zero-order valence-corrected chi connectivity index (χ0v) is 14.3. The average molecular weight is 368 g/mol. The Hall–Kier alpha value is -2.38. The highest BCUT2D eigenvalue weighted by atomic mass is 35.5. The maximum atomic E-state index is 13.5. The summed E-state index contributed by atoms with van der Waals surface area (Å²) in [6, 6.07) is 9.26. The summed E-state index contributed by atoms with van der Waals surface area (Å²) in [5.41, 5.74) is 3.42. The quantitative estimate of drug-likeness (QED) is 0.425. The number of hydrazone groups is 1. The van der Waals surface area contributed by atoms with E-state index >= 15 is 0 Å². The number of halogens is 2. The highest BCUT2D eigenvalue weighted by Gasteiger charge is 2.08. The molecule has 0 aromatic heterocycles. The number of para-hydroxylation sites is 1. The maximum absolute atomic E-state index is 13.5. The van der Waals surface area contributed by atoms with Crippen molar-refractivity contribution in [2.24, 2.45) is 5.10 Å². The lowest BCUT2D eigenvalue weighted by molar-refractivity contribution is 0.318. The molecule has 24 heavy (non-hydrogen) atoms. The van der Waals surface area contributed by atoms with Crippen molar-refractivity contribution in [2.75, 3.05) is 11.9 Å². The van der Waals surface area contributed by atoms with E-state index in [1.165, 1.54) is 18.3 Å². The molecule has 2 rings (SSSR count). The molecule has 126 valence electrons. The number of benzene rings is 2. The van der Waals surface area contributed by atoms with Crippen molar-refractivity contribution in [3.8, 4) is 11.5 Å². The van der Waals surface area contributed by atoms with Crippen LogP contribution in [0.3, 0.4) is 0 Å². The van der Waals surface area contributed by atoms with Crippen LogP contribution in [0.25, 0.3) is 0 Å². The van der Waals surface area contributed by atoms with E-state index in [2.05, 4.69) is 15.8 Å². The van der Waals surface area contributed by atoms with E-state index in [9.17, 15) is 9.50 Å². The number of rotatable bonds is 5. The molecule has 5 nitrogen and oxygen atoms in total. The van der Waals surface area contributed by atoms with E-state index in [0.717, 1.165) is 0 Å².